The Kier molecular flexibility index (Phi) is 4.97. The zero-order valence-electron chi connectivity index (χ0n) is 13.9. The summed E-state index contributed by atoms with van der Waals surface area (Å²) in [5, 5.41) is 0. The maximum Gasteiger partial charge on any atom is 0.257 e. The van der Waals surface area contributed by atoms with E-state index in [2.05, 4.69) is 18.7 Å². The monoisotopic (exact) mass is 320 g/mol. The van der Waals surface area contributed by atoms with E-state index in [-0.39, 0.29) is 29.7 Å². The Balaban J connectivity index is 1.68. The average Bonchev–Trinajstić information content (AvgIpc) is 2.94. The summed E-state index contributed by atoms with van der Waals surface area (Å²) in [4.78, 5) is 16.9. The second kappa shape index (κ2) is 6.97. The Morgan fingerprint density at radius 2 is 1.96 bits per heavy atom. The van der Waals surface area contributed by atoms with E-state index in [1.54, 1.807) is 18.2 Å². The van der Waals surface area contributed by atoms with Crippen molar-refractivity contribution in [1.29, 1.82) is 0 Å². The third-order valence-corrected chi connectivity index (χ3v) is 4.71. The van der Waals surface area contributed by atoms with Gasteiger partial charge >= 0.3 is 0 Å². The van der Waals surface area contributed by atoms with Crippen LogP contribution in [0.5, 0.6) is 0 Å². The average molecular weight is 320 g/mol. The predicted octanol–water partition coefficient (Wildman–Crippen LogP) is 2.54. The van der Waals surface area contributed by atoms with Crippen LogP contribution in [0.2, 0.25) is 0 Å². The molecular formula is C18H25FN2O2. The first-order valence-corrected chi connectivity index (χ1v) is 8.48. The molecule has 3 unspecified atom stereocenters. The topological polar surface area (TPSA) is 32.8 Å². The van der Waals surface area contributed by atoms with E-state index >= 15 is 0 Å². The molecule has 0 spiro atoms. The van der Waals surface area contributed by atoms with E-state index in [0.29, 0.717) is 6.54 Å². The lowest BCUT2D eigenvalue weighted by Crippen LogP contribution is -2.51. The van der Waals surface area contributed by atoms with Crippen LogP contribution in [0.3, 0.4) is 0 Å². The Labute approximate surface area is 137 Å². The fourth-order valence-electron chi connectivity index (χ4n) is 3.81. The molecule has 126 valence electrons. The van der Waals surface area contributed by atoms with Gasteiger partial charge in [-0.3, -0.25) is 9.69 Å². The van der Waals surface area contributed by atoms with Gasteiger partial charge in [-0.1, -0.05) is 12.1 Å². The van der Waals surface area contributed by atoms with Crippen molar-refractivity contribution in [3.05, 3.63) is 35.6 Å². The molecule has 3 rings (SSSR count). The van der Waals surface area contributed by atoms with Gasteiger partial charge in [-0.05, 0) is 38.8 Å². The molecule has 0 radical (unpaired) electrons. The zero-order valence-corrected chi connectivity index (χ0v) is 13.9. The van der Waals surface area contributed by atoms with Crippen LogP contribution in [0.1, 0.15) is 37.0 Å². The van der Waals surface area contributed by atoms with Crippen molar-refractivity contribution in [2.45, 2.75) is 44.9 Å². The summed E-state index contributed by atoms with van der Waals surface area (Å²) in [5.74, 6) is -0.614. The summed E-state index contributed by atoms with van der Waals surface area (Å²) in [6.07, 6.45) is 2.41. The molecule has 2 aliphatic rings. The second-order valence-electron chi connectivity index (χ2n) is 6.75. The SMILES string of the molecule is CC1CN(CC2CCCN2C(=O)c2ccccc2F)CC(C)O1. The number of nitrogens with zero attached hydrogens (tertiary/aromatic N) is 2. The van der Waals surface area contributed by atoms with Crippen molar-refractivity contribution < 1.29 is 13.9 Å². The molecule has 23 heavy (non-hydrogen) atoms. The summed E-state index contributed by atoms with van der Waals surface area (Å²) in [6, 6.07) is 6.42. The number of morpholine rings is 1. The van der Waals surface area contributed by atoms with Crippen molar-refractivity contribution >= 4 is 5.91 Å². The van der Waals surface area contributed by atoms with Crippen LogP contribution in [0.25, 0.3) is 0 Å². The van der Waals surface area contributed by atoms with E-state index in [9.17, 15) is 9.18 Å². The minimum atomic E-state index is -0.434. The number of carbonyl (C=O) groups excluding carboxylic acids is 1. The van der Waals surface area contributed by atoms with E-state index < -0.39 is 5.82 Å². The minimum absolute atomic E-state index is 0.166. The number of carbonyl (C=O) groups is 1. The highest BCUT2D eigenvalue weighted by molar-refractivity contribution is 5.94. The lowest BCUT2D eigenvalue weighted by Gasteiger charge is -2.38. The Morgan fingerprint density at radius 1 is 1.26 bits per heavy atom. The van der Waals surface area contributed by atoms with Crippen molar-refractivity contribution in [3.63, 3.8) is 0 Å². The summed E-state index contributed by atoms with van der Waals surface area (Å²) >= 11 is 0. The van der Waals surface area contributed by atoms with Crippen molar-refractivity contribution in [1.82, 2.24) is 9.80 Å². The van der Waals surface area contributed by atoms with E-state index in [1.165, 1.54) is 6.07 Å². The second-order valence-corrected chi connectivity index (χ2v) is 6.75. The Hall–Kier alpha value is -1.46. The molecule has 2 fully saturated rings. The number of hydrogen-bond donors (Lipinski definition) is 0. The fourth-order valence-corrected chi connectivity index (χ4v) is 3.81. The molecule has 0 aliphatic carbocycles. The molecule has 1 aromatic rings. The van der Waals surface area contributed by atoms with Gasteiger partial charge in [-0.15, -0.1) is 0 Å². The van der Waals surface area contributed by atoms with Crippen LogP contribution in [-0.4, -0.2) is 60.1 Å². The maximum absolute atomic E-state index is 13.9. The number of benzene rings is 1. The number of hydrogen-bond acceptors (Lipinski definition) is 3. The molecule has 0 saturated carbocycles. The third-order valence-electron chi connectivity index (χ3n) is 4.71. The molecule has 1 amide bonds. The number of likely N-dealkylation sites (tertiary alicyclic amines) is 1. The quantitative estimate of drug-likeness (QED) is 0.858. The van der Waals surface area contributed by atoms with Gasteiger partial charge in [-0.2, -0.15) is 0 Å². The van der Waals surface area contributed by atoms with Gasteiger partial charge in [0.1, 0.15) is 5.82 Å². The molecule has 0 N–H and O–H groups in total. The standard InChI is InChI=1S/C18H25FN2O2/c1-13-10-20(11-14(2)23-13)12-15-6-5-9-21(15)18(22)16-7-3-4-8-17(16)19/h3-4,7-8,13-15H,5-6,9-12H2,1-2H3. The van der Waals surface area contributed by atoms with Gasteiger partial charge in [0.2, 0.25) is 0 Å². The summed E-state index contributed by atoms with van der Waals surface area (Å²) in [5.41, 5.74) is 0.183. The summed E-state index contributed by atoms with van der Waals surface area (Å²) in [7, 11) is 0. The van der Waals surface area contributed by atoms with Gasteiger partial charge in [0.05, 0.1) is 17.8 Å². The van der Waals surface area contributed by atoms with Crippen LogP contribution in [-0.2, 0) is 4.74 Å². The summed E-state index contributed by atoms with van der Waals surface area (Å²) < 4.78 is 19.7. The number of ether oxygens (including phenoxy) is 1. The molecule has 2 saturated heterocycles. The minimum Gasteiger partial charge on any atom is -0.373 e. The maximum atomic E-state index is 13.9. The van der Waals surface area contributed by atoms with Crippen molar-refractivity contribution in [3.8, 4) is 0 Å². The van der Waals surface area contributed by atoms with Crippen LogP contribution in [0.4, 0.5) is 4.39 Å². The largest absolute Gasteiger partial charge is 0.373 e. The Morgan fingerprint density at radius 3 is 2.65 bits per heavy atom. The molecule has 5 heteroatoms. The van der Waals surface area contributed by atoms with Crippen molar-refractivity contribution in [2.75, 3.05) is 26.2 Å². The first kappa shape index (κ1) is 16.4. The van der Waals surface area contributed by atoms with Gasteiger partial charge < -0.3 is 9.64 Å². The third kappa shape index (κ3) is 3.72. The molecule has 2 aliphatic heterocycles. The molecule has 0 bridgehead atoms. The van der Waals surface area contributed by atoms with E-state index in [1.807, 2.05) is 4.90 Å². The predicted molar refractivity (Wildman–Crippen MR) is 86.9 cm³/mol. The number of amides is 1. The number of rotatable bonds is 3. The van der Waals surface area contributed by atoms with E-state index in [0.717, 1.165) is 32.5 Å². The van der Waals surface area contributed by atoms with Gasteiger partial charge in [0, 0.05) is 32.2 Å². The zero-order chi connectivity index (χ0) is 16.4. The smallest absolute Gasteiger partial charge is 0.257 e. The Bertz CT molecular complexity index is 556. The summed E-state index contributed by atoms with van der Waals surface area (Å²) in [6.45, 7) is 7.51. The molecule has 3 atom stereocenters. The van der Waals surface area contributed by atoms with Gasteiger partial charge in [0.25, 0.3) is 5.91 Å². The highest BCUT2D eigenvalue weighted by Gasteiger charge is 2.33. The first-order chi connectivity index (χ1) is 11.0. The highest BCUT2D eigenvalue weighted by atomic mass is 19.1. The lowest BCUT2D eigenvalue weighted by atomic mass is 10.1. The van der Waals surface area contributed by atoms with Crippen LogP contribution in [0.15, 0.2) is 24.3 Å². The number of halogens is 1. The molecule has 1 aromatic carbocycles. The van der Waals surface area contributed by atoms with Gasteiger partial charge in [-0.25, -0.2) is 4.39 Å². The molecule has 2 heterocycles. The first-order valence-electron chi connectivity index (χ1n) is 8.48. The molecular weight excluding hydrogens is 295 g/mol. The lowest BCUT2D eigenvalue weighted by molar-refractivity contribution is -0.0715. The molecule has 0 aromatic heterocycles. The van der Waals surface area contributed by atoms with Gasteiger partial charge in [0.15, 0.2) is 0 Å². The highest BCUT2D eigenvalue weighted by Crippen LogP contribution is 2.23. The normalized spacial score (nSPS) is 29.0. The fraction of sp³-hybridized carbons (Fsp3) is 0.611. The van der Waals surface area contributed by atoms with Crippen LogP contribution in [0, 0.1) is 5.82 Å². The van der Waals surface area contributed by atoms with Crippen LogP contribution >= 0.6 is 0 Å². The van der Waals surface area contributed by atoms with E-state index in [4.69, 9.17) is 4.74 Å². The van der Waals surface area contributed by atoms with Crippen molar-refractivity contribution in [2.24, 2.45) is 0 Å². The molecule has 4 nitrogen and oxygen atoms in total. The van der Waals surface area contributed by atoms with Crippen LogP contribution < -0.4 is 0 Å².